The van der Waals surface area contributed by atoms with Crippen molar-refractivity contribution in [3.05, 3.63) is 47.8 Å². The first-order chi connectivity index (χ1) is 10.7. The van der Waals surface area contributed by atoms with Crippen molar-refractivity contribution >= 4 is 11.9 Å². The monoisotopic (exact) mass is 300 g/mol. The summed E-state index contributed by atoms with van der Waals surface area (Å²) in [5.41, 5.74) is 1.86. The maximum Gasteiger partial charge on any atom is 0.339 e. The Morgan fingerprint density at radius 2 is 1.59 bits per heavy atom. The van der Waals surface area contributed by atoms with Crippen molar-refractivity contribution in [2.24, 2.45) is 0 Å². The Morgan fingerprint density at radius 3 is 2.18 bits per heavy atom. The van der Waals surface area contributed by atoms with Crippen LogP contribution in [-0.4, -0.2) is 35.1 Å². The third kappa shape index (κ3) is 3.66. The van der Waals surface area contributed by atoms with Gasteiger partial charge in [-0.1, -0.05) is 0 Å². The molecule has 0 aliphatic carbocycles. The Bertz CT molecular complexity index is 668. The van der Waals surface area contributed by atoms with Crippen molar-refractivity contribution in [2.75, 3.05) is 13.2 Å². The predicted octanol–water partition coefficient (Wildman–Crippen LogP) is 2.50. The summed E-state index contributed by atoms with van der Waals surface area (Å²) in [5, 5.41) is 0. The summed E-state index contributed by atoms with van der Waals surface area (Å²) in [4.78, 5) is 31.6. The molecule has 0 aromatic carbocycles. The Morgan fingerprint density at radius 1 is 0.909 bits per heavy atom. The maximum absolute atomic E-state index is 11.7. The molecule has 0 amide bonds. The Balaban J connectivity index is 2.23. The summed E-state index contributed by atoms with van der Waals surface area (Å²) < 4.78 is 9.84. The lowest BCUT2D eigenvalue weighted by Gasteiger charge is -2.05. The smallest absolute Gasteiger partial charge is 0.339 e. The number of hydrogen-bond donors (Lipinski definition) is 0. The van der Waals surface area contributed by atoms with E-state index in [1.54, 1.807) is 38.1 Å². The number of carbonyl (C=O) groups excluding carboxylic acids is 2. The van der Waals surface area contributed by atoms with Crippen LogP contribution in [0.5, 0.6) is 0 Å². The molecule has 2 aromatic heterocycles. The summed E-state index contributed by atoms with van der Waals surface area (Å²) in [6.07, 6.45) is 2.94. The highest BCUT2D eigenvalue weighted by molar-refractivity contribution is 5.91. The molecule has 6 heteroatoms. The average Bonchev–Trinajstić information content (AvgIpc) is 2.55. The standard InChI is InChI=1S/C16H16N2O4/c1-3-21-15(19)11-7-8-17-14(9-11)13-6-5-12(10-18-13)16(20)22-4-2/h5-10H,3-4H2,1-2H3. The first-order valence-corrected chi connectivity index (χ1v) is 6.92. The molecule has 0 aliphatic heterocycles. The van der Waals surface area contributed by atoms with E-state index in [4.69, 9.17) is 9.47 Å². The van der Waals surface area contributed by atoms with Gasteiger partial charge in [0.15, 0.2) is 0 Å². The van der Waals surface area contributed by atoms with E-state index in [2.05, 4.69) is 9.97 Å². The lowest BCUT2D eigenvalue weighted by atomic mass is 10.1. The van der Waals surface area contributed by atoms with E-state index in [-0.39, 0.29) is 0 Å². The topological polar surface area (TPSA) is 78.4 Å². The van der Waals surface area contributed by atoms with Crippen LogP contribution < -0.4 is 0 Å². The lowest BCUT2D eigenvalue weighted by Crippen LogP contribution is -2.06. The second-order valence-corrected chi connectivity index (χ2v) is 4.30. The van der Waals surface area contributed by atoms with Gasteiger partial charge in [0, 0.05) is 12.4 Å². The van der Waals surface area contributed by atoms with Gasteiger partial charge in [-0.05, 0) is 38.1 Å². The summed E-state index contributed by atoms with van der Waals surface area (Å²) >= 11 is 0. The fourth-order valence-corrected chi connectivity index (χ4v) is 1.79. The van der Waals surface area contributed by atoms with Crippen LogP contribution in [0.3, 0.4) is 0 Å². The van der Waals surface area contributed by atoms with Crippen LogP contribution in [-0.2, 0) is 9.47 Å². The molecule has 0 atom stereocenters. The zero-order valence-electron chi connectivity index (χ0n) is 12.4. The summed E-state index contributed by atoms with van der Waals surface area (Å²) in [6.45, 7) is 4.10. The number of aromatic nitrogens is 2. The van der Waals surface area contributed by atoms with Crippen LogP contribution >= 0.6 is 0 Å². The number of nitrogens with zero attached hydrogens (tertiary/aromatic N) is 2. The number of hydrogen-bond acceptors (Lipinski definition) is 6. The Hall–Kier alpha value is -2.76. The molecule has 0 spiro atoms. The Labute approximate surface area is 128 Å². The van der Waals surface area contributed by atoms with Gasteiger partial charge in [0.2, 0.25) is 0 Å². The van der Waals surface area contributed by atoms with Crippen molar-refractivity contribution < 1.29 is 19.1 Å². The van der Waals surface area contributed by atoms with Crippen LogP contribution in [0.15, 0.2) is 36.7 Å². The van der Waals surface area contributed by atoms with Gasteiger partial charge >= 0.3 is 11.9 Å². The predicted molar refractivity (Wildman–Crippen MR) is 79.4 cm³/mol. The van der Waals surface area contributed by atoms with E-state index in [0.29, 0.717) is 35.7 Å². The summed E-state index contributed by atoms with van der Waals surface area (Å²) in [6, 6.07) is 6.45. The van der Waals surface area contributed by atoms with Gasteiger partial charge in [0.05, 0.1) is 35.7 Å². The molecular formula is C16H16N2O4. The maximum atomic E-state index is 11.7. The number of rotatable bonds is 5. The average molecular weight is 300 g/mol. The van der Waals surface area contributed by atoms with Crippen molar-refractivity contribution in [2.45, 2.75) is 13.8 Å². The van der Waals surface area contributed by atoms with Crippen molar-refractivity contribution in [3.8, 4) is 11.4 Å². The normalized spacial score (nSPS) is 10.1. The van der Waals surface area contributed by atoms with Crippen LogP contribution in [0.1, 0.15) is 34.6 Å². The minimum atomic E-state index is -0.421. The molecule has 2 heterocycles. The van der Waals surface area contributed by atoms with Crippen LogP contribution in [0.4, 0.5) is 0 Å². The largest absolute Gasteiger partial charge is 0.462 e. The second-order valence-electron chi connectivity index (χ2n) is 4.30. The molecule has 2 rings (SSSR count). The van der Waals surface area contributed by atoms with E-state index >= 15 is 0 Å². The summed E-state index contributed by atoms with van der Waals surface area (Å²) in [7, 11) is 0. The molecule has 0 unspecified atom stereocenters. The number of esters is 2. The van der Waals surface area contributed by atoms with Crippen molar-refractivity contribution in [1.29, 1.82) is 0 Å². The van der Waals surface area contributed by atoms with Gasteiger partial charge in [-0.25, -0.2) is 9.59 Å². The zero-order valence-corrected chi connectivity index (χ0v) is 12.4. The second kappa shape index (κ2) is 7.31. The molecule has 2 aromatic rings. The van der Waals surface area contributed by atoms with E-state index in [9.17, 15) is 9.59 Å². The van der Waals surface area contributed by atoms with E-state index in [1.807, 2.05) is 0 Å². The molecule has 22 heavy (non-hydrogen) atoms. The van der Waals surface area contributed by atoms with Crippen LogP contribution in [0, 0.1) is 0 Å². The van der Waals surface area contributed by atoms with Crippen molar-refractivity contribution in [1.82, 2.24) is 9.97 Å². The molecule has 0 saturated heterocycles. The molecule has 0 saturated carbocycles. The molecule has 114 valence electrons. The van der Waals surface area contributed by atoms with E-state index in [0.717, 1.165) is 0 Å². The van der Waals surface area contributed by atoms with Crippen LogP contribution in [0.25, 0.3) is 11.4 Å². The minimum absolute atomic E-state index is 0.309. The zero-order chi connectivity index (χ0) is 15.9. The first-order valence-electron chi connectivity index (χ1n) is 6.92. The third-order valence-corrected chi connectivity index (χ3v) is 2.81. The fourth-order valence-electron chi connectivity index (χ4n) is 1.79. The highest BCUT2D eigenvalue weighted by Crippen LogP contribution is 2.16. The van der Waals surface area contributed by atoms with Crippen LogP contribution in [0.2, 0.25) is 0 Å². The van der Waals surface area contributed by atoms with E-state index in [1.165, 1.54) is 12.4 Å². The minimum Gasteiger partial charge on any atom is -0.462 e. The van der Waals surface area contributed by atoms with Gasteiger partial charge in [-0.3, -0.25) is 9.97 Å². The molecule has 0 N–H and O–H groups in total. The molecular weight excluding hydrogens is 284 g/mol. The highest BCUT2D eigenvalue weighted by Gasteiger charge is 2.11. The number of ether oxygens (including phenoxy) is 2. The van der Waals surface area contributed by atoms with Crippen molar-refractivity contribution in [3.63, 3.8) is 0 Å². The number of carbonyl (C=O) groups is 2. The van der Waals surface area contributed by atoms with Gasteiger partial charge in [0.1, 0.15) is 0 Å². The molecule has 0 radical (unpaired) electrons. The molecule has 0 bridgehead atoms. The van der Waals surface area contributed by atoms with E-state index < -0.39 is 11.9 Å². The highest BCUT2D eigenvalue weighted by atomic mass is 16.5. The van der Waals surface area contributed by atoms with Gasteiger partial charge in [-0.15, -0.1) is 0 Å². The SMILES string of the molecule is CCOC(=O)c1ccc(-c2cc(C(=O)OCC)ccn2)nc1. The third-order valence-electron chi connectivity index (χ3n) is 2.81. The summed E-state index contributed by atoms with van der Waals surface area (Å²) in [5.74, 6) is -0.830. The quantitative estimate of drug-likeness (QED) is 0.789. The fraction of sp³-hybridized carbons (Fsp3) is 0.250. The number of pyridine rings is 2. The molecule has 0 aliphatic rings. The van der Waals surface area contributed by atoms with Gasteiger partial charge in [-0.2, -0.15) is 0 Å². The lowest BCUT2D eigenvalue weighted by molar-refractivity contribution is 0.0516. The molecule has 6 nitrogen and oxygen atoms in total. The Kier molecular flexibility index (Phi) is 5.19. The van der Waals surface area contributed by atoms with Gasteiger partial charge < -0.3 is 9.47 Å². The first kappa shape index (κ1) is 15.6. The van der Waals surface area contributed by atoms with Gasteiger partial charge in [0.25, 0.3) is 0 Å². The molecule has 0 fully saturated rings.